The third kappa shape index (κ3) is 2.88. The zero-order valence-corrected chi connectivity index (χ0v) is 15.3. The number of benzene rings is 1. The van der Waals surface area contributed by atoms with Crippen LogP contribution in [0.1, 0.15) is 20.8 Å². The molecule has 0 unspecified atom stereocenters. The van der Waals surface area contributed by atoms with E-state index in [9.17, 15) is 4.79 Å². The van der Waals surface area contributed by atoms with Crippen molar-refractivity contribution in [1.29, 1.82) is 0 Å². The number of carbonyl (C=O) groups excluding carboxylic acids is 1. The van der Waals surface area contributed by atoms with Gasteiger partial charge in [0.2, 0.25) is 0 Å². The summed E-state index contributed by atoms with van der Waals surface area (Å²) < 4.78 is 0. The van der Waals surface area contributed by atoms with Crippen molar-refractivity contribution in [2.45, 2.75) is 13.0 Å². The maximum atomic E-state index is 12.8. The van der Waals surface area contributed by atoms with E-state index in [2.05, 4.69) is 9.97 Å². The van der Waals surface area contributed by atoms with Crippen molar-refractivity contribution in [3.05, 3.63) is 77.1 Å². The molecule has 4 heterocycles. The minimum absolute atomic E-state index is 0.0854. The van der Waals surface area contributed by atoms with Crippen molar-refractivity contribution in [1.82, 2.24) is 19.9 Å². The Hall–Kier alpha value is -3.12. The lowest BCUT2D eigenvalue weighted by molar-refractivity contribution is 0.0737. The van der Waals surface area contributed by atoms with Crippen LogP contribution in [-0.4, -0.2) is 32.3 Å². The summed E-state index contributed by atoms with van der Waals surface area (Å²) >= 11 is 1.66. The molecular weight excluding hydrogens is 356 g/mol. The molecule has 3 aromatic heterocycles. The van der Waals surface area contributed by atoms with Crippen LogP contribution < -0.4 is 0 Å². The molecule has 6 heteroatoms. The molecule has 0 fully saturated rings. The Bertz CT molecular complexity index is 1130. The topological polar surface area (TPSA) is 59.0 Å². The highest BCUT2D eigenvalue weighted by molar-refractivity contribution is 7.18. The number of hydrogen-bond donors (Lipinski definition) is 0. The number of carbonyl (C=O) groups is 1. The Morgan fingerprint density at radius 1 is 1.07 bits per heavy atom. The first kappa shape index (κ1) is 16.1. The van der Waals surface area contributed by atoms with Crippen LogP contribution >= 0.6 is 11.3 Å². The first-order chi connectivity index (χ1) is 13.3. The molecule has 0 aliphatic carbocycles. The summed E-state index contributed by atoms with van der Waals surface area (Å²) in [5.41, 5.74) is 2.98. The van der Waals surface area contributed by atoms with Crippen molar-refractivity contribution in [3.8, 4) is 11.4 Å². The average molecular weight is 372 g/mol. The second-order valence-electron chi connectivity index (χ2n) is 6.49. The van der Waals surface area contributed by atoms with Crippen LogP contribution in [0.5, 0.6) is 0 Å². The average Bonchev–Trinajstić information content (AvgIpc) is 3.11. The van der Waals surface area contributed by atoms with E-state index in [0.29, 0.717) is 12.4 Å². The molecule has 1 aromatic carbocycles. The molecule has 1 aliphatic rings. The molecule has 0 radical (unpaired) electrons. The van der Waals surface area contributed by atoms with Crippen molar-refractivity contribution in [2.24, 2.45) is 0 Å². The van der Waals surface area contributed by atoms with Gasteiger partial charge >= 0.3 is 0 Å². The van der Waals surface area contributed by atoms with E-state index in [1.165, 1.54) is 10.4 Å². The van der Waals surface area contributed by atoms with Gasteiger partial charge in [-0.3, -0.25) is 9.78 Å². The van der Waals surface area contributed by atoms with E-state index in [1.807, 2.05) is 53.6 Å². The molecule has 1 aliphatic heterocycles. The van der Waals surface area contributed by atoms with Crippen LogP contribution in [-0.2, 0) is 13.0 Å². The summed E-state index contributed by atoms with van der Waals surface area (Å²) in [5, 5.41) is 1.11. The highest BCUT2D eigenvalue weighted by Gasteiger charge is 2.25. The molecule has 0 spiro atoms. The molecule has 4 aromatic rings. The van der Waals surface area contributed by atoms with Gasteiger partial charge in [0, 0.05) is 46.5 Å². The predicted octanol–water partition coefficient (Wildman–Crippen LogP) is 3.95. The first-order valence-electron chi connectivity index (χ1n) is 8.81. The van der Waals surface area contributed by atoms with Gasteiger partial charge < -0.3 is 4.90 Å². The molecule has 132 valence electrons. The van der Waals surface area contributed by atoms with E-state index in [1.54, 1.807) is 23.7 Å². The van der Waals surface area contributed by atoms with Gasteiger partial charge in [0.25, 0.3) is 5.91 Å². The summed E-state index contributed by atoms with van der Waals surface area (Å²) in [6.07, 6.45) is 6.25. The minimum Gasteiger partial charge on any atom is -0.333 e. The molecule has 0 N–H and O–H groups in total. The fourth-order valence-corrected chi connectivity index (χ4v) is 4.66. The zero-order valence-electron chi connectivity index (χ0n) is 14.5. The number of rotatable bonds is 2. The van der Waals surface area contributed by atoms with Crippen molar-refractivity contribution in [3.63, 3.8) is 0 Å². The summed E-state index contributed by atoms with van der Waals surface area (Å²) in [6, 6.07) is 13.3. The third-order valence-corrected chi connectivity index (χ3v) is 5.97. The molecular formula is C21H16N4OS. The molecule has 5 nitrogen and oxygen atoms in total. The van der Waals surface area contributed by atoms with E-state index >= 15 is 0 Å². The highest BCUT2D eigenvalue weighted by Crippen LogP contribution is 2.35. The maximum absolute atomic E-state index is 12.8. The van der Waals surface area contributed by atoms with Gasteiger partial charge in [-0.25, -0.2) is 9.97 Å². The fourth-order valence-electron chi connectivity index (χ4n) is 3.46. The normalized spacial score (nSPS) is 13.6. The van der Waals surface area contributed by atoms with E-state index < -0.39 is 0 Å². The number of hydrogen-bond acceptors (Lipinski definition) is 5. The van der Waals surface area contributed by atoms with Crippen molar-refractivity contribution < 1.29 is 4.79 Å². The van der Waals surface area contributed by atoms with E-state index in [-0.39, 0.29) is 5.91 Å². The predicted molar refractivity (Wildman–Crippen MR) is 106 cm³/mol. The van der Waals surface area contributed by atoms with Gasteiger partial charge in [0.1, 0.15) is 4.83 Å². The lowest BCUT2D eigenvalue weighted by Gasteiger charge is -2.27. The number of amides is 1. The van der Waals surface area contributed by atoms with Crippen LogP contribution in [0.2, 0.25) is 0 Å². The number of fused-ring (bicyclic) bond motifs is 3. The fraction of sp³-hybridized carbons (Fsp3) is 0.143. The van der Waals surface area contributed by atoms with Gasteiger partial charge in [-0.1, -0.05) is 18.2 Å². The Morgan fingerprint density at radius 3 is 2.70 bits per heavy atom. The lowest BCUT2D eigenvalue weighted by atomic mass is 10.0. The second-order valence-corrected chi connectivity index (χ2v) is 7.58. The molecule has 0 saturated heterocycles. The number of nitrogens with zero attached hydrogens (tertiary/aromatic N) is 4. The van der Waals surface area contributed by atoms with Crippen LogP contribution in [0.3, 0.4) is 0 Å². The number of thiophene rings is 1. The Balaban J connectivity index is 1.47. The van der Waals surface area contributed by atoms with E-state index in [4.69, 9.17) is 4.98 Å². The van der Waals surface area contributed by atoms with Crippen LogP contribution in [0.25, 0.3) is 21.6 Å². The lowest BCUT2D eigenvalue weighted by Crippen LogP contribution is -2.35. The highest BCUT2D eigenvalue weighted by atomic mass is 32.1. The summed E-state index contributed by atoms with van der Waals surface area (Å²) in [6.45, 7) is 1.35. The van der Waals surface area contributed by atoms with E-state index in [0.717, 1.165) is 34.3 Å². The van der Waals surface area contributed by atoms with Crippen molar-refractivity contribution in [2.75, 3.05) is 6.54 Å². The van der Waals surface area contributed by atoms with Crippen molar-refractivity contribution >= 4 is 27.5 Å². The molecule has 0 bridgehead atoms. The number of pyridine rings is 1. The molecule has 5 rings (SSSR count). The van der Waals surface area contributed by atoms with Gasteiger partial charge in [-0.2, -0.15) is 0 Å². The van der Waals surface area contributed by atoms with Gasteiger partial charge in [-0.15, -0.1) is 11.3 Å². The minimum atomic E-state index is 0.0854. The summed E-state index contributed by atoms with van der Waals surface area (Å²) in [4.78, 5) is 30.2. The Kier molecular flexibility index (Phi) is 3.90. The van der Waals surface area contributed by atoms with Gasteiger partial charge in [0.15, 0.2) is 5.82 Å². The van der Waals surface area contributed by atoms with Gasteiger partial charge in [-0.05, 0) is 36.2 Å². The Morgan fingerprint density at radius 2 is 1.89 bits per heavy atom. The summed E-state index contributed by atoms with van der Waals surface area (Å²) in [5.74, 6) is 0.794. The molecule has 0 atom stereocenters. The first-order valence-corrected chi connectivity index (χ1v) is 9.63. The summed E-state index contributed by atoms with van der Waals surface area (Å²) in [7, 11) is 0. The molecule has 1 amide bonds. The smallest absolute Gasteiger partial charge is 0.254 e. The largest absolute Gasteiger partial charge is 0.333 e. The van der Waals surface area contributed by atoms with Gasteiger partial charge in [0.05, 0.1) is 6.54 Å². The standard InChI is InChI=1S/C21H16N4OS/c26-21(15-4-2-1-3-5-15)25-11-8-16-17-12-23-19(14-6-9-22-10-7-14)24-20(17)27-18(16)13-25/h1-7,9-10,12H,8,11,13H2. The number of aromatic nitrogens is 3. The molecule has 0 saturated carbocycles. The monoisotopic (exact) mass is 372 g/mol. The molecule has 27 heavy (non-hydrogen) atoms. The van der Waals surface area contributed by atoms with Crippen LogP contribution in [0.15, 0.2) is 61.1 Å². The van der Waals surface area contributed by atoms with Crippen LogP contribution in [0.4, 0.5) is 0 Å². The van der Waals surface area contributed by atoms with Crippen LogP contribution in [0, 0.1) is 0 Å². The quantitative estimate of drug-likeness (QED) is 0.535. The Labute approximate surface area is 160 Å². The zero-order chi connectivity index (χ0) is 18.2. The second kappa shape index (κ2) is 6.55. The third-order valence-electron chi connectivity index (χ3n) is 4.85. The SMILES string of the molecule is O=C(c1ccccc1)N1CCc2c(sc3nc(-c4ccncc4)ncc23)C1. The maximum Gasteiger partial charge on any atom is 0.254 e.